The van der Waals surface area contributed by atoms with Crippen molar-refractivity contribution in [1.29, 1.82) is 0 Å². The number of para-hydroxylation sites is 1. The summed E-state index contributed by atoms with van der Waals surface area (Å²) >= 11 is 1.83. The Labute approximate surface area is 338 Å². The van der Waals surface area contributed by atoms with E-state index in [1.807, 2.05) is 23.5 Å². The first-order valence-electron chi connectivity index (χ1n) is 19.6. The van der Waals surface area contributed by atoms with Crippen LogP contribution in [0.15, 0.2) is 202 Å². The normalized spacial score (nSPS) is 14.4. The molecule has 58 heavy (non-hydrogen) atoms. The maximum Gasteiger partial charge on any atom is 0.159 e. The van der Waals surface area contributed by atoms with E-state index < -0.39 is 0 Å². The molecule has 0 spiro atoms. The average molecular weight is 760 g/mol. The van der Waals surface area contributed by atoms with Crippen molar-refractivity contribution in [2.45, 2.75) is 6.17 Å². The second-order valence-electron chi connectivity index (χ2n) is 15.0. The Morgan fingerprint density at radius 3 is 2.05 bits per heavy atom. The van der Waals surface area contributed by atoms with Crippen LogP contribution in [0.3, 0.4) is 0 Å². The lowest BCUT2D eigenvalue weighted by atomic mass is 9.89. The van der Waals surface area contributed by atoms with Gasteiger partial charge in [0.25, 0.3) is 0 Å². The SMILES string of the molecule is c1ccc(C2=NC(c3cc(-c4cc(-c5ccc6ccccc6c5)cc5oc6ccccc6c45)c4ccccc4c3)=NC(c3ccc4sc5ccccc5c4c3)N2)cc1. The van der Waals surface area contributed by atoms with E-state index in [0.717, 1.165) is 77.5 Å². The molecule has 1 atom stereocenters. The van der Waals surface area contributed by atoms with Crippen LogP contribution in [0.1, 0.15) is 22.9 Å². The summed E-state index contributed by atoms with van der Waals surface area (Å²) in [4.78, 5) is 10.7. The monoisotopic (exact) mass is 759 g/mol. The van der Waals surface area contributed by atoms with Crippen molar-refractivity contribution in [1.82, 2.24) is 5.32 Å². The number of benzene rings is 9. The smallest absolute Gasteiger partial charge is 0.159 e. The molecule has 0 bridgehead atoms. The largest absolute Gasteiger partial charge is 0.456 e. The molecule has 12 rings (SSSR count). The predicted molar refractivity (Wildman–Crippen MR) is 244 cm³/mol. The van der Waals surface area contributed by atoms with Gasteiger partial charge in [0.1, 0.15) is 23.2 Å². The number of amidine groups is 2. The van der Waals surface area contributed by atoms with Crippen LogP contribution >= 0.6 is 11.3 Å². The molecule has 0 aliphatic carbocycles. The van der Waals surface area contributed by atoms with Gasteiger partial charge >= 0.3 is 0 Å². The Balaban J connectivity index is 1.09. The molecular formula is C53H33N3OS. The van der Waals surface area contributed by atoms with Gasteiger partial charge in [-0.2, -0.15) is 0 Å². The molecule has 1 aliphatic heterocycles. The van der Waals surface area contributed by atoms with Crippen molar-refractivity contribution in [2.24, 2.45) is 9.98 Å². The third-order valence-corrected chi connectivity index (χ3v) is 12.6. The van der Waals surface area contributed by atoms with Crippen LogP contribution in [0.5, 0.6) is 0 Å². The van der Waals surface area contributed by atoms with Gasteiger partial charge in [-0.25, -0.2) is 9.98 Å². The molecule has 1 aliphatic rings. The highest BCUT2D eigenvalue weighted by Crippen LogP contribution is 2.43. The molecule has 11 aromatic rings. The average Bonchev–Trinajstić information content (AvgIpc) is 3.86. The van der Waals surface area contributed by atoms with Crippen LogP contribution < -0.4 is 5.32 Å². The van der Waals surface area contributed by atoms with E-state index in [2.05, 4.69) is 181 Å². The zero-order valence-electron chi connectivity index (χ0n) is 31.2. The first-order chi connectivity index (χ1) is 28.7. The topological polar surface area (TPSA) is 49.9 Å². The van der Waals surface area contributed by atoms with Crippen molar-refractivity contribution < 1.29 is 4.42 Å². The number of hydrogen-bond donors (Lipinski definition) is 1. The second-order valence-corrected chi connectivity index (χ2v) is 16.1. The second kappa shape index (κ2) is 13.1. The van der Waals surface area contributed by atoms with E-state index >= 15 is 0 Å². The maximum atomic E-state index is 6.65. The summed E-state index contributed by atoms with van der Waals surface area (Å²) in [5, 5.41) is 13.1. The van der Waals surface area contributed by atoms with Crippen LogP contribution in [0, 0.1) is 0 Å². The first-order valence-corrected chi connectivity index (χ1v) is 20.4. The first kappa shape index (κ1) is 32.9. The molecule has 0 saturated heterocycles. The fraction of sp³-hybridized carbons (Fsp3) is 0.0189. The van der Waals surface area contributed by atoms with Crippen molar-refractivity contribution >= 4 is 86.7 Å². The van der Waals surface area contributed by atoms with Gasteiger partial charge < -0.3 is 9.73 Å². The van der Waals surface area contributed by atoms with Crippen LogP contribution in [0.4, 0.5) is 0 Å². The summed E-state index contributed by atoms with van der Waals surface area (Å²) in [5.41, 5.74) is 9.23. The number of aliphatic imine (C=N–C) groups is 2. The molecule has 3 heterocycles. The molecule has 0 radical (unpaired) electrons. The molecule has 0 amide bonds. The quantitative estimate of drug-likeness (QED) is 0.190. The molecule has 4 nitrogen and oxygen atoms in total. The number of thiophene rings is 1. The fourth-order valence-electron chi connectivity index (χ4n) is 8.67. The van der Waals surface area contributed by atoms with E-state index in [1.54, 1.807) is 0 Å². The summed E-state index contributed by atoms with van der Waals surface area (Å²) in [5.74, 6) is 1.48. The molecule has 1 N–H and O–H groups in total. The van der Waals surface area contributed by atoms with Gasteiger partial charge in [-0.15, -0.1) is 11.3 Å². The van der Waals surface area contributed by atoms with E-state index in [1.165, 1.54) is 30.9 Å². The Bertz CT molecular complexity index is 3500. The molecule has 0 saturated carbocycles. The molecular weight excluding hydrogens is 727 g/mol. The molecule has 1 unspecified atom stereocenters. The van der Waals surface area contributed by atoms with E-state index in [-0.39, 0.29) is 6.17 Å². The highest BCUT2D eigenvalue weighted by Gasteiger charge is 2.24. The van der Waals surface area contributed by atoms with Crippen LogP contribution in [0.2, 0.25) is 0 Å². The number of fused-ring (bicyclic) bond motifs is 8. The van der Waals surface area contributed by atoms with E-state index in [0.29, 0.717) is 5.84 Å². The van der Waals surface area contributed by atoms with Crippen molar-refractivity contribution in [2.75, 3.05) is 0 Å². The lowest BCUT2D eigenvalue weighted by molar-refractivity contribution is 0.669. The number of nitrogens with zero attached hydrogens (tertiary/aromatic N) is 2. The summed E-state index contributed by atoms with van der Waals surface area (Å²) < 4.78 is 9.20. The minimum Gasteiger partial charge on any atom is -0.456 e. The van der Waals surface area contributed by atoms with Gasteiger partial charge in [0.15, 0.2) is 5.84 Å². The summed E-state index contributed by atoms with van der Waals surface area (Å²) in [7, 11) is 0. The van der Waals surface area contributed by atoms with Crippen molar-refractivity contribution in [3.05, 3.63) is 205 Å². The molecule has 272 valence electrons. The Morgan fingerprint density at radius 2 is 1.16 bits per heavy atom. The minimum absolute atomic E-state index is 0.346. The van der Waals surface area contributed by atoms with Crippen LogP contribution in [-0.4, -0.2) is 11.7 Å². The summed E-state index contributed by atoms with van der Waals surface area (Å²) in [6.07, 6.45) is -0.346. The van der Waals surface area contributed by atoms with Crippen molar-refractivity contribution in [3.63, 3.8) is 0 Å². The number of rotatable bonds is 5. The Morgan fingerprint density at radius 1 is 0.448 bits per heavy atom. The summed E-state index contributed by atoms with van der Waals surface area (Å²) in [6, 6.07) is 67.0. The summed E-state index contributed by atoms with van der Waals surface area (Å²) in [6.45, 7) is 0. The zero-order valence-corrected chi connectivity index (χ0v) is 32.0. The van der Waals surface area contributed by atoms with Crippen LogP contribution in [-0.2, 0) is 0 Å². The van der Waals surface area contributed by atoms with Gasteiger partial charge in [-0.05, 0) is 104 Å². The van der Waals surface area contributed by atoms with E-state index in [9.17, 15) is 0 Å². The fourth-order valence-corrected chi connectivity index (χ4v) is 9.76. The minimum atomic E-state index is -0.346. The van der Waals surface area contributed by atoms with Gasteiger partial charge in [0, 0.05) is 42.1 Å². The number of hydrogen-bond acceptors (Lipinski definition) is 5. The van der Waals surface area contributed by atoms with Crippen molar-refractivity contribution in [3.8, 4) is 22.3 Å². The lowest BCUT2D eigenvalue weighted by Crippen LogP contribution is -2.33. The van der Waals surface area contributed by atoms with Gasteiger partial charge in [0.05, 0.1) is 0 Å². The maximum absolute atomic E-state index is 6.65. The van der Waals surface area contributed by atoms with Gasteiger partial charge in [-0.3, -0.25) is 0 Å². The van der Waals surface area contributed by atoms with Gasteiger partial charge in [-0.1, -0.05) is 133 Å². The lowest BCUT2D eigenvalue weighted by Gasteiger charge is -2.24. The number of furan rings is 1. The molecule has 5 heteroatoms. The molecule has 0 fully saturated rings. The highest BCUT2D eigenvalue weighted by atomic mass is 32.1. The third-order valence-electron chi connectivity index (χ3n) is 11.5. The predicted octanol–water partition coefficient (Wildman–Crippen LogP) is 14.1. The Kier molecular flexibility index (Phi) is 7.43. The van der Waals surface area contributed by atoms with Crippen LogP contribution in [0.25, 0.3) is 85.9 Å². The zero-order chi connectivity index (χ0) is 38.2. The third kappa shape index (κ3) is 5.43. The van der Waals surface area contributed by atoms with E-state index in [4.69, 9.17) is 14.4 Å². The highest BCUT2D eigenvalue weighted by molar-refractivity contribution is 7.25. The molecule has 2 aromatic heterocycles. The molecule has 9 aromatic carbocycles. The standard InChI is InChI=1S/C53H33N3OS/c1-2-13-33(14-3-1)51-54-52(37-24-25-49-44(28-37)41-18-9-11-21-48(41)58-49)56-53(55-51)39-27-36-16-6-7-17-40(36)43(30-39)45-29-38(35-23-22-32-12-4-5-15-34(32)26-35)31-47-50(45)42-19-8-10-20-46(42)57-47/h1-31,52H,(H,54,55,56). The number of nitrogens with one attached hydrogen (secondary N) is 1. The van der Waals surface area contributed by atoms with Gasteiger partial charge in [0.2, 0.25) is 0 Å². The Hall–Kier alpha value is -7.34.